The van der Waals surface area contributed by atoms with Gasteiger partial charge in [-0.25, -0.2) is 4.39 Å². The second kappa shape index (κ2) is 8.79. The molecule has 1 aliphatic rings. The van der Waals surface area contributed by atoms with E-state index in [0.717, 1.165) is 6.07 Å². The maximum Gasteiger partial charge on any atom is 0.295 e. The van der Waals surface area contributed by atoms with Crippen LogP contribution in [0, 0.1) is 5.82 Å². The van der Waals surface area contributed by atoms with Gasteiger partial charge < -0.3 is 18.6 Å². The Balaban J connectivity index is 1.76. The Morgan fingerprint density at radius 3 is 2.37 bits per heavy atom. The van der Waals surface area contributed by atoms with Gasteiger partial charge in [0.05, 0.1) is 37.8 Å². The second-order valence-electron chi connectivity index (χ2n) is 7.93. The third-order valence-electron chi connectivity index (χ3n) is 5.98. The molecule has 4 aromatic rings. The fourth-order valence-corrected chi connectivity index (χ4v) is 4.42. The van der Waals surface area contributed by atoms with Gasteiger partial charge in [-0.1, -0.05) is 6.07 Å². The van der Waals surface area contributed by atoms with Gasteiger partial charge in [0.1, 0.15) is 17.1 Å². The van der Waals surface area contributed by atoms with Crippen molar-refractivity contribution in [2.24, 2.45) is 0 Å². The highest BCUT2D eigenvalue weighted by Crippen LogP contribution is 2.43. The van der Waals surface area contributed by atoms with E-state index in [9.17, 15) is 14.0 Å². The molecule has 0 bridgehead atoms. The smallest absolute Gasteiger partial charge is 0.295 e. The lowest BCUT2D eigenvalue weighted by Crippen LogP contribution is -2.29. The molecular formula is C27H22FNO6. The van der Waals surface area contributed by atoms with Crippen LogP contribution in [0.1, 0.15) is 34.6 Å². The summed E-state index contributed by atoms with van der Waals surface area (Å²) < 4.78 is 36.2. The van der Waals surface area contributed by atoms with Crippen LogP contribution in [0.5, 0.6) is 17.2 Å². The molecular weight excluding hydrogens is 453 g/mol. The minimum Gasteiger partial charge on any atom is -0.494 e. The number of ether oxygens (including phenoxy) is 3. The first-order chi connectivity index (χ1) is 17.0. The molecule has 0 saturated carbocycles. The van der Waals surface area contributed by atoms with Crippen LogP contribution in [-0.2, 0) is 0 Å². The van der Waals surface area contributed by atoms with Crippen molar-refractivity contribution in [3.05, 3.63) is 93.6 Å². The topological polar surface area (TPSA) is 78.2 Å². The van der Waals surface area contributed by atoms with Crippen LogP contribution in [0.2, 0.25) is 0 Å². The number of nitrogens with zero attached hydrogens (tertiary/aromatic N) is 1. The highest BCUT2D eigenvalue weighted by molar-refractivity contribution is 6.10. The number of anilines is 1. The Morgan fingerprint density at radius 2 is 1.69 bits per heavy atom. The van der Waals surface area contributed by atoms with Crippen LogP contribution in [0.3, 0.4) is 0 Å². The lowest BCUT2D eigenvalue weighted by molar-refractivity contribution is 0.0971. The Bertz CT molecular complexity index is 1490. The van der Waals surface area contributed by atoms with Gasteiger partial charge in [0.15, 0.2) is 16.9 Å². The summed E-state index contributed by atoms with van der Waals surface area (Å²) in [5.41, 5.74) is 0.950. The summed E-state index contributed by atoms with van der Waals surface area (Å²) in [6.45, 7) is 2.38. The molecule has 35 heavy (non-hydrogen) atoms. The first-order valence-corrected chi connectivity index (χ1v) is 11.0. The SMILES string of the molecule is CCOc1ccc(N2C(=O)c3oc4ccc(F)cc4c(=O)c3C2c2ccc(OC)c(OC)c2)cc1. The normalized spacial score (nSPS) is 14.8. The third kappa shape index (κ3) is 3.67. The van der Waals surface area contributed by atoms with Crippen molar-refractivity contribution < 1.29 is 27.8 Å². The summed E-state index contributed by atoms with van der Waals surface area (Å²) in [5, 5.41) is 0.0653. The van der Waals surface area contributed by atoms with Crippen LogP contribution < -0.4 is 24.5 Å². The number of fused-ring (bicyclic) bond motifs is 2. The molecule has 3 aromatic carbocycles. The summed E-state index contributed by atoms with van der Waals surface area (Å²) in [7, 11) is 3.03. The molecule has 1 aliphatic heterocycles. The number of hydrogen-bond donors (Lipinski definition) is 0. The van der Waals surface area contributed by atoms with Crippen molar-refractivity contribution in [2.75, 3.05) is 25.7 Å². The van der Waals surface area contributed by atoms with Crippen molar-refractivity contribution in [3.8, 4) is 17.2 Å². The molecule has 1 atom stereocenters. The average molecular weight is 475 g/mol. The zero-order valence-electron chi connectivity index (χ0n) is 19.3. The molecule has 0 spiro atoms. The lowest BCUT2D eigenvalue weighted by Gasteiger charge is -2.26. The van der Waals surface area contributed by atoms with Crippen LogP contribution in [0.4, 0.5) is 10.1 Å². The van der Waals surface area contributed by atoms with Crippen LogP contribution in [-0.4, -0.2) is 26.7 Å². The molecule has 0 fully saturated rings. The third-order valence-corrected chi connectivity index (χ3v) is 5.98. The fraction of sp³-hybridized carbons (Fsp3) is 0.185. The molecule has 1 amide bonds. The number of amides is 1. The van der Waals surface area contributed by atoms with Crippen molar-refractivity contribution in [3.63, 3.8) is 0 Å². The van der Waals surface area contributed by atoms with Gasteiger partial charge in [-0.2, -0.15) is 0 Å². The maximum absolute atomic E-state index is 14.0. The minimum atomic E-state index is -0.834. The van der Waals surface area contributed by atoms with Crippen molar-refractivity contribution in [1.82, 2.24) is 0 Å². The largest absolute Gasteiger partial charge is 0.494 e. The van der Waals surface area contributed by atoms with Gasteiger partial charge in [0, 0.05) is 5.69 Å². The molecule has 0 N–H and O–H groups in total. The molecule has 8 heteroatoms. The summed E-state index contributed by atoms with van der Waals surface area (Å²) in [5.74, 6) is 0.462. The number of methoxy groups -OCH3 is 2. The first kappa shape index (κ1) is 22.5. The standard InChI is InChI=1S/C27H22FNO6/c1-4-34-18-9-7-17(8-10-18)29-24(15-5-11-21(32-2)22(13-15)33-3)23-25(30)19-14-16(28)6-12-20(19)35-26(23)27(29)31/h5-14,24H,4H2,1-3H3. The van der Waals surface area contributed by atoms with Crippen molar-refractivity contribution >= 4 is 22.6 Å². The van der Waals surface area contributed by atoms with Gasteiger partial charge in [-0.3, -0.25) is 14.5 Å². The Hall–Kier alpha value is -4.33. The van der Waals surface area contributed by atoms with Crippen LogP contribution in [0.15, 0.2) is 69.9 Å². The molecule has 0 aliphatic carbocycles. The lowest BCUT2D eigenvalue weighted by atomic mass is 9.97. The van der Waals surface area contributed by atoms with E-state index in [1.807, 2.05) is 6.92 Å². The highest BCUT2D eigenvalue weighted by Gasteiger charge is 2.44. The molecule has 5 rings (SSSR count). The van der Waals surface area contributed by atoms with Gasteiger partial charge in [-0.15, -0.1) is 0 Å². The average Bonchev–Trinajstić information content (AvgIpc) is 3.17. The Morgan fingerprint density at radius 1 is 0.943 bits per heavy atom. The van der Waals surface area contributed by atoms with E-state index in [-0.39, 0.29) is 22.3 Å². The highest BCUT2D eigenvalue weighted by atomic mass is 19.1. The van der Waals surface area contributed by atoms with Crippen LogP contribution >= 0.6 is 0 Å². The summed E-state index contributed by atoms with van der Waals surface area (Å²) >= 11 is 0. The summed E-state index contributed by atoms with van der Waals surface area (Å²) in [6.07, 6.45) is 0. The Labute approximate surface area is 200 Å². The number of benzene rings is 3. The Kier molecular flexibility index (Phi) is 5.64. The van der Waals surface area contributed by atoms with Crippen LogP contribution in [0.25, 0.3) is 11.0 Å². The molecule has 7 nitrogen and oxygen atoms in total. The minimum absolute atomic E-state index is 0.0653. The van der Waals surface area contributed by atoms with Crippen molar-refractivity contribution in [1.29, 1.82) is 0 Å². The van der Waals surface area contributed by atoms with E-state index in [4.69, 9.17) is 18.6 Å². The van der Waals surface area contributed by atoms with E-state index >= 15 is 0 Å². The number of carbonyl (C=O) groups excluding carboxylic acids is 1. The van der Waals surface area contributed by atoms with E-state index in [0.29, 0.717) is 35.1 Å². The maximum atomic E-state index is 14.0. The second-order valence-corrected chi connectivity index (χ2v) is 7.93. The summed E-state index contributed by atoms with van der Waals surface area (Å²) in [4.78, 5) is 28.8. The van der Waals surface area contributed by atoms with E-state index in [2.05, 4.69) is 0 Å². The van der Waals surface area contributed by atoms with E-state index in [1.165, 1.54) is 31.3 Å². The van der Waals surface area contributed by atoms with Gasteiger partial charge in [0.2, 0.25) is 5.76 Å². The number of rotatable bonds is 6. The first-order valence-electron chi connectivity index (χ1n) is 11.0. The predicted octanol–water partition coefficient (Wildman–Crippen LogP) is 5.10. The quantitative estimate of drug-likeness (QED) is 0.386. The molecule has 0 saturated heterocycles. The van der Waals surface area contributed by atoms with E-state index < -0.39 is 23.2 Å². The van der Waals surface area contributed by atoms with Gasteiger partial charge in [-0.05, 0) is 67.1 Å². The van der Waals surface area contributed by atoms with Gasteiger partial charge in [0.25, 0.3) is 5.91 Å². The molecule has 1 unspecified atom stereocenters. The number of carbonyl (C=O) groups is 1. The number of hydrogen-bond acceptors (Lipinski definition) is 6. The predicted molar refractivity (Wildman–Crippen MR) is 128 cm³/mol. The zero-order chi connectivity index (χ0) is 24.7. The number of halogens is 1. The molecule has 0 radical (unpaired) electrons. The fourth-order valence-electron chi connectivity index (χ4n) is 4.42. The monoisotopic (exact) mass is 475 g/mol. The zero-order valence-corrected chi connectivity index (χ0v) is 19.3. The van der Waals surface area contributed by atoms with E-state index in [1.54, 1.807) is 42.5 Å². The van der Waals surface area contributed by atoms with Crippen molar-refractivity contribution in [2.45, 2.75) is 13.0 Å². The molecule has 1 aromatic heterocycles. The summed E-state index contributed by atoms with van der Waals surface area (Å²) in [6, 6.07) is 15.0. The molecule has 178 valence electrons. The van der Waals surface area contributed by atoms with Gasteiger partial charge >= 0.3 is 0 Å². The molecule has 2 heterocycles.